The van der Waals surface area contributed by atoms with Crippen molar-refractivity contribution < 1.29 is 14.4 Å². The number of carbonyl (C=O) groups is 3. The summed E-state index contributed by atoms with van der Waals surface area (Å²) in [7, 11) is 1.55. The Hall–Kier alpha value is -3.22. The molecule has 0 spiro atoms. The molecule has 1 aromatic rings. The van der Waals surface area contributed by atoms with Crippen molar-refractivity contribution in [3.8, 4) is 0 Å². The lowest BCUT2D eigenvalue weighted by molar-refractivity contribution is -0.118. The molecule has 0 saturated heterocycles. The zero-order valence-corrected chi connectivity index (χ0v) is 17.4. The van der Waals surface area contributed by atoms with E-state index in [0.29, 0.717) is 34.8 Å². The van der Waals surface area contributed by atoms with Crippen LogP contribution < -0.4 is 16.0 Å². The summed E-state index contributed by atoms with van der Waals surface area (Å²) in [6.45, 7) is 3.97. The normalized spacial score (nSPS) is 22.9. The molecular weight excluding hydrogens is 380 g/mol. The summed E-state index contributed by atoms with van der Waals surface area (Å²) in [6, 6.07) is 1.65. The van der Waals surface area contributed by atoms with E-state index in [9.17, 15) is 14.4 Å². The molecule has 2 amide bonds. The van der Waals surface area contributed by atoms with Crippen LogP contribution in [0.15, 0.2) is 47.3 Å². The highest BCUT2D eigenvalue weighted by Crippen LogP contribution is 2.38. The molecule has 1 saturated carbocycles. The molecule has 156 valence electrons. The van der Waals surface area contributed by atoms with E-state index < -0.39 is 0 Å². The Morgan fingerprint density at radius 2 is 1.97 bits per heavy atom. The van der Waals surface area contributed by atoms with Gasteiger partial charge in [-0.05, 0) is 24.8 Å². The molecule has 0 radical (unpaired) electrons. The topological polar surface area (TPSA) is 100 Å². The molecule has 3 N–H and O–H groups in total. The fourth-order valence-corrected chi connectivity index (χ4v) is 3.83. The van der Waals surface area contributed by atoms with Crippen molar-refractivity contribution in [2.45, 2.75) is 33.1 Å². The number of rotatable bonds is 5. The molecule has 0 aliphatic heterocycles. The monoisotopic (exact) mass is 406 g/mol. The Kier molecular flexibility index (Phi) is 5.28. The lowest BCUT2D eigenvalue weighted by atomic mass is 9.95. The standard InChI is InChI=1S/C23H26N4O3/c1-12-5-4-6-15-13(2)9-18(20(15)21(12)28)26-17-10-19(27-22(29)14-7-8-14)25-11-16(17)23(30)24-3/h4,6,9-14H,5,7-8H2,1-3H3,(H,24,30)(H2,25,26,27,29). The van der Waals surface area contributed by atoms with Gasteiger partial charge in [0.15, 0.2) is 5.78 Å². The zero-order chi connectivity index (χ0) is 21.4. The average Bonchev–Trinajstić information content (AvgIpc) is 3.54. The number of anilines is 2. The summed E-state index contributed by atoms with van der Waals surface area (Å²) in [4.78, 5) is 41.8. The number of pyridine rings is 1. The molecule has 7 nitrogen and oxygen atoms in total. The molecule has 30 heavy (non-hydrogen) atoms. The van der Waals surface area contributed by atoms with E-state index in [4.69, 9.17) is 0 Å². The van der Waals surface area contributed by atoms with Crippen LogP contribution in [0.2, 0.25) is 0 Å². The Bertz CT molecular complexity index is 1020. The molecule has 3 aliphatic carbocycles. The highest BCUT2D eigenvalue weighted by atomic mass is 16.2. The summed E-state index contributed by atoms with van der Waals surface area (Å²) in [5, 5.41) is 8.71. The van der Waals surface area contributed by atoms with Crippen molar-refractivity contribution in [3.63, 3.8) is 0 Å². The maximum atomic E-state index is 13.0. The van der Waals surface area contributed by atoms with Crippen LogP contribution in [0, 0.1) is 17.8 Å². The number of hydrogen-bond donors (Lipinski definition) is 3. The fourth-order valence-electron chi connectivity index (χ4n) is 3.83. The lowest BCUT2D eigenvalue weighted by Gasteiger charge is -2.17. The van der Waals surface area contributed by atoms with Gasteiger partial charge in [-0.3, -0.25) is 14.4 Å². The highest BCUT2D eigenvalue weighted by molar-refractivity contribution is 6.06. The molecule has 2 atom stereocenters. The Morgan fingerprint density at radius 3 is 2.67 bits per heavy atom. The maximum absolute atomic E-state index is 13.0. The second-order valence-corrected chi connectivity index (χ2v) is 8.19. The average molecular weight is 406 g/mol. The number of aromatic nitrogens is 1. The number of carbonyl (C=O) groups excluding carboxylic acids is 3. The van der Waals surface area contributed by atoms with Crippen LogP contribution in [-0.4, -0.2) is 29.6 Å². The van der Waals surface area contributed by atoms with E-state index in [0.717, 1.165) is 18.4 Å². The molecule has 1 aromatic heterocycles. The minimum Gasteiger partial charge on any atom is -0.355 e. The number of Topliss-reactive ketones (excluding diaryl/α,β-unsaturated/α-hetero) is 1. The lowest BCUT2D eigenvalue weighted by Crippen LogP contribution is -2.22. The van der Waals surface area contributed by atoms with Gasteiger partial charge in [0.05, 0.1) is 11.3 Å². The maximum Gasteiger partial charge on any atom is 0.254 e. The van der Waals surface area contributed by atoms with Gasteiger partial charge >= 0.3 is 0 Å². The van der Waals surface area contributed by atoms with E-state index in [-0.39, 0.29) is 35.4 Å². The Labute approximate surface area is 175 Å². The fraction of sp³-hybridized carbons (Fsp3) is 0.391. The number of nitrogens with one attached hydrogen (secondary N) is 3. The summed E-state index contributed by atoms with van der Waals surface area (Å²) in [5.74, 6) is 0.147. The van der Waals surface area contributed by atoms with Gasteiger partial charge in [-0.15, -0.1) is 0 Å². The molecule has 0 aromatic carbocycles. The van der Waals surface area contributed by atoms with Crippen LogP contribution in [0.25, 0.3) is 0 Å². The summed E-state index contributed by atoms with van der Waals surface area (Å²) >= 11 is 0. The van der Waals surface area contributed by atoms with Gasteiger partial charge in [-0.25, -0.2) is 4.98 Å². The molecular formula is C23H26N4O3. The molecule has 7 heteroatoms. The molecule has 2 unspecified atom stereocenters. The highest BCUT2D eigenvalue weighted by Gasteiger charge is 2.32. The summed E-state index contributed by atoms with van der Waals surface area (Å²) in [6.07, 6.45) is 10.0. The largest absolute Gasteiger partial charge is 0.355 e. The van der Waals surface area contributed by atoms with Crippen molar-refractivity contribution >= 4 is 29.1 Å². The van der Waals surface area contributed by atoms with Crippen LogP contribution in [0.5, 0.6) is 0 Å². The predicted octanol–water partition coefficient (Wildman–Crippen LogP) is 3.20. The first-order chi connectivity index (χ1) is 14.4. The van der Waals surface area contributed by atoms with E-state index in [1.54, 1.807) is 13.1 Å². The molecule has 1 fully saturated rings. The zero-order valence-electron chi connectivity index (χ0n) is 17.4. The molecule has 0 bridgehead atoms. The van der Waals surface area contributed by atoms with Crippen molar-refractivity contribution in [3.05, 3.63) is 52.9 Å². The molecule has 3 aliphatic rings. The third-order valence-corrected chi connectivity index (χ3v) is 5.79. The third kappa shape index (κ3) is 3.79. The first-order valence-corrected chi connectivity index (χ1v) is 10.4. The quantitative estimate of drug-likeness (QED) is 0.697. The summed E-state index contributed by atoms with van der Waals surface area (Å²) in [5.41, 5.74) is 3.19. The number of amides is 2. The van der Waals surface area contributed by atoms with Gasteiger partial charge < -0.3 is 16.0 Å². The van der Waals surface area contributed by atoms with Gasteiger partial charge in [0.1, 0.15) is 5.82 Å². The number of hydrogen-bond acceptors (Lipinski definition) is 5. The van der Waals surface area contributed by atoms with Gasteiger partial charge in [0.2, 0.25) is 5.91 Å². The SMILES string of the molecule is CNC(=O)c1cnc(NC(=O)C2CC2)cc1NC1=CC(C)C2=C1C(=O)C(C)CC=C2. The van der Waals surface area contributed by atoms with Gasteiger partial charge in [0, 0.05) is 48.3 Å². The van der Waals surface area contributed by atoms with Crippen LogP contribution in [0.3, 0.4) is 0 Å². The van der Waals surface area contributed by atoms with Gasteiger partial charge in [-0.1, -0.05) is 32.1 Å². The first-order valence-electron chi connectivity index (χ1n) is 10.4. The van der Waals surface area contributed by atoms with Crippen molar-refractivity contribution in [1.29, 1.82) is 0 Å². The van der Waals surface area contributed by atoms with Gasteiger partial charge in [0.25, 0.3) is 5.91 Å². The number of nitrogens with zero attached hydrogens (tertiary/aromatic N) is 1. The molecule has 1 heterocycles. The first kappa shape index (κ1) is 20.1. The van der Waals surface area contributed by atoms with Gasteiger partial charge in [-0.2, -0.15) is 0 Å². The molecule has 4 rings (SSSR count). The predicted molar refractivity (Wildman–Crippen MR) is 115 cm³/mol. The minimum absolute atomic E-state index is 0.0461. The Balaban J connectivity index is 1.68. The van der Waals surface area contributed by atoms with E-state index >= 15 is 0 Å². The van der Waals surface area contributed by atoms with Crippen LogP contribution in [-0.2, 0) is 9.59 Å². The smallest absolute Gasteiger partial charge is 0.254 e. The van der Waals surface area contributed by atoms with E-state index in [1.165, 1.54) is 6.20 Å². The van der Waals surface area contributed by atoms with Crippen LogP contribution >= 0.6 is 0 Å². The second kappa shape index (κ2) is 7.89. The second-order valence-electron chi connectivity index (χ2n) is 8.19. The van der Waals surface area contributed by atoms with E-state index in [1.807, 2.05) is 32.1 Å². The summed E-state index contributed by atoms with van der Waals surface area (Å²) < 4.78 is 0. The van der Waals surface area contributed by atoms with Crippen LogP contribution in [0.4, 0.5) is 11.5 Å². The van der Waals surface area contributed by atoms with Crippen molar-refractivity contribution in [2.24, 2.45) is 17.8 Å². The minimum atomic E-state index is -0.300. The Morgan fingerprint density at radius 1 is 1.20 bits per heavy atom. The van der Waals surface area contributed by atoms with Crippen molar-refractivity contribution in [2.75, 3.05) is 17.7 Å². The van der Waals surface area contributed by atoms with Crippen molar-refractivity contribution in [1.82, 2.24) is 10.3 Å². The number of ketones is 1. The third-order valence-electron chi connectivity index (χ3n) is 5.79. The number of allylic oxidation sites excluding steroid dienone is 5. The van der Waals surface area contributed by atoms with Crippen LogP contribution in [0.1, 0.15) is 43.5 Å². The van der Waals surface area contributed by atoms with E-state index in [2.05, 4.69) is 20.9 Å².